The van der Waals surface area contributed by atoms with Crippen LogP contribution in [0.15, 0.2) is 42.5 Å². The summed E-state index contributed by atoms with van der Waals surface area (Å²) in [4.78, 5) is 18.0. The molecule has 0 bridgehead atoms. The molecular weight excluding hydrogens is 363 g/mol. The summed E-state index contributed by atoms with van der Waals surface area (Å²) in [5.74, 6) is 0.854. The Hall–Kier alpha value is -3.06. The highest BCUT2D eigenvalue weighted by Crippen LogP contribution is 2.32. The number of H-pyrrole nitrogens is 1. The molecule has 2 aromatic carbocycles. The molecule has 1 fully saturated rings. The van der Waals surface area contributed by atoms with Gasteiger partial charge in [-0.15, -0.1) is 0 Å². The molecule has 1 N–H and O–H groups in total. The average Bonchev–Trinajstić information content (AvgIpc) is 3.17. The van der Waals surface area contributed by atoms with E-state index in [2.05, 4.69) is 4.98 Å². The lowest BCUT2D eigenvalue weighted by Gasteiger charge is -2.33. The number of fused-ring (bicyclic) bond motifs is 1. The van der Waals surface area contributed by atoms with Crippen LogP contribution in [0.5, 0.6) is 11.5 Å². The standard InChI is InChI=1S/C21H21FN2O4/c1-26-16-9-14-10-17(23-20(14)18(11-16)27-2)21(25)24-7-8-28-19(12-24)13-3-5-15(22)6-4-13/h3-6,9-11,19,23H,7-8,12H2,1-2H3/t19-/m1/s1. The molecule has 1 amide bonds. The third-order valence-electron chi connectivity index (χ3n) is 4.95. The molecular formula is C21H21FN2O4. The number of aromatic amines is 1. The van der Waals surface area contributed by atoms with E-state index in [1.165, 1.54) is 12.1 Å². The van der Waals surface area contributed by atoms with Crippen molar-refractivity contribution in [3.8, 4) is 11.5 Å². The number of benzene rings is 2. The lowest BCUT2D eigenvalue weighted by Crippen LogP contribution is -2.42. The minimum Gasteiger partial charge on any atom is -0.497 e. The molecule has 2 heterocycles. The minimum absolute atomic E-state index is 0.118. The highest BCUT2D eigenvalue weighted by molar-refractivity contribution is 6.00. The van der Waals surface area contributed by atoms with Crippen molar-refractivity contribution in [2.45, 2.75) is 6.10 Å². The molecule has 146 valence electrons. The van der Waals surface area contributed by atoms with Gasteiger partial charge >= 0.3 is 0 Å². The summed E-state index contributed by atoms with van der Waals surface area (Å²) in [7, 11) is 3.16. The second-order valence-electron chi connectivity index (χ2n) is 6.64. The van der Waals surface area contributed by atoms with E-state index in [-0.39, 0.29) is 17.8 Å². The van der Waals surface area contributed by atoms with Crippen LogP contribution in [-0.2, 0) is 4.74 Å². The number of carbonyl (C=O) groups excluding carboxylic acids is 1. The zero-order valence-corrected chi connectivity index (χ0v) is 15.7. The summed E-state index contributed by atoms with van der Waals surface area (Å²) in [5.41, 5.74) is 2.07. The fourth-order valence-corrected chi connectivity index (χ4v) is 3.46. The van der Waals surface area contributed by atoms with Gasteiger partial charge in [-0.3, -0.25) is 4.79 Å². The topological polar surface area (TPSA) is 63.8 Å². The zero-order chi connectivity index (χ0) is 19.7. The summed E-state index contributed by atoms with van der Waals surface area (Å²) in [6.45, 7) is 1.32. The molecule has 1 aliphatic heterocycles. The number of carbonyl (C=O) groups is 1. The number of hydrogen-bond acceptors (Lipinski definition) is 4. The zero-order valence-electron chi connectivity index (χ0n) is 15.7. The van der Waals surface area contributed by atoms with Crippen LogP contribution in [0.3, 0.4) is 0 Å². The summed E-state index contributed by atoms with van der Waals surface area (Å²) in [5, 5.41) is 0.836. The molecule has 3 aromatic rings. The van der Waals surface area contributed by atoms with Gasteiger partial charge in [-0.25, -0.2) is 4.39 Å². The maximum atomic E-state index is 13.2. The molecule has 1 atom stereocenters. The van der Waals surface area contributed by atoms with E-state index in [0.29, 0.717) is 36.9 Å². The van der Waals surface area contributed by atoms with Gasteiger partial charge in [0.15, 0.2) is 0 Å². The van der Waals surface area contributed by atoms with Crippen LogP contribution < -0.4 is 9.47 Å². The van der Waals surface area contributed by atoms with Gasteiger partial charge in [0.05, 0.1) is 32.9 Å². The molecule has 1 aliphatic rings. The Morgan fingerprint density at radius 1 is 1.18 bits per heavy atom. The Morgan fingerprint density at radius 3 is 2.68 bits per heavy atom. The van der Waals surface area contributed by atoms with Crippen LogP contribution in [0.4, 0.5) is 4.39 Å². The van der Waals surface area contributed by atoms with Gasteiger partial charge in [0.1, 0.15) is 29.1 Å². The van der Waals surface area contributed by atoms with E-state index in [4.69, 9.17) is 14.2 Å². The van der Waals surface area contributed by atoms with Crippen LogP contribution >= 0.6 is 0 Å². The van der Waals surface area contributed by atoms with Crippen molar-refractivity contribution in [1.82, 2.24) is 9.88 Å². The number of halogens is 1. The third-order valence-corrected chi connectivity index (χ3v) is 4.95. The first-order valence-electron chi connectivity index (χ1n) is 9.00. The Bertz CT molecular complexity index is 1000. The number of nitrogens with one attached hydrogen (secondary N) is 1. The minimum atomic E-state index is -0.296. The lowest BCUT2D eigenvalue weighted by molar-refractivity contribution is -0.0230. The first-order valence-corrected chi connectivity index (χ1v) is 9.00. The van der Waals surface area contributed by atoms with Gasteiger partial charge in [-0.05, 0) is 29.8 Å². The normalized spacial score (nSPS) is 17.0. The van der Waals surface area contributed by atoms with Crippen molar-refractivity contribution in [2.75, 3.05) is 33.9 Å². The Balaban J connectivity index is 1.59. The number of morpholine rings is 1. The van der Waals surface area contributed by atoms with E-state index < -0.39 is 0 Å². The molecule has 6 nitrogen and oxygen atoms in total. The van der Waals surface area contributed by atoms with E-state index in [1.54, 1.807) is 43.4 Å². The number of rotatable bonds is 4. The van der Waals surface area contributed by atoms with E-state index >= 15 is 0 Å². The lowest BCUT2D eigenvalue weighted by atomic mass is 10.1. The number of nitrogens with zero attached hydrogens (tertiary/aromatic N) is 1. The van der Waals surface area contributed by atoms with Gasteiger partial charge < -0.3 is 24.1 Å². The van der Waals surface area contributed by atoms with E-state index in [0.717, 1.165) is 16.5 Å². The van der Waals surface area contributed by atoms with Crippen LogP contribution in [0, 0.1) is 5.82 Å². The summed E-state index contributed by atoms with van der Waals surface area (Å²) in [6.07, 6.45) is -0.280. The van der Waals surface area contributed by atoms with Gasteiger partial charge in [0.25, 0.3) is 5.91 Å². The summed E-state index contributed by atoms with van der Waals surface area (Å²) < 4.78 is 29.6. The molecule has 7 heteroatoms. The van der Waals surface area contributed by atoms with Crippen molar-refractivity contribution in [1.29, 1.82) is 0 Å². The highest BCUT2D eigenvalue weighted by Gasteiger charge is 2.27. The first-order chi connectivity index (χ1) is 13.6. The van der Waals surface area contributed by atoms with Gasteiger partial charge in [-0.2, -0.15) is 0 Å². The van der Waals surface area contributed by atoms with Gasteiger partial charge in [-0.1, -0.05) is 12.1 Å². The van der Waals surface area contributed by atoms with Crippen molar-refractivity contribution < 1.29 is 23.4 Å². The molecule has 0 radical (unpaired) electrons. The quantitative estimate of drug-likeness (QED) is 0.747. The number of amides is 1. The van der Waals surface area contributed by atoms with E-state index in [1.807, 2.05) is 6.07 Å². The molecule has 1 aromatic heterocycles. The van der Waals surface area contributed by atoms with E-state index in [9.17, 15) is 9.18 Å². The van der Waals surface area contributed by atoms with Gasteiger partial charge in [0, 0.05) is 18.0 Å². The molecule has 0 spiro atoms. The first kappa shape index (κ1) is 18.3. The predicted octanol–water partition coefficient (Wildman–Crippen LogP) is 3.54. The number of aromatic nitrogens is 1. The van der Waals surface area contributed by atoms with Crippen molar-refractivity contribution >= 4 is 16.8 Å². The molecule has 28 heavy (non-hydrogen) atoms. The third kappa shape index (κ3) is 3.41. The van der Waals surface area contributed by atoms with Crippen LogP contribution in [0.2, 0.25) is 0 Å². The average molecular weight is 384 g/mol. The smallest absolute Gasteiger partial charge is 0.270 e. The molecule has 4 rings (SSSR count). The summed E-state index contributed by atoms with van der Waals surface area (Å²) >= 11 is 0. The monoisotopic (exact) mass is 384 g/mol. The highest BCUT2D eigenvalue weighted by atomic mass is 19.1. The van der Waals surface area contributed by atoms with Crippen LogP contribution in [0.25, 0.3) is 10.9 Å². The molecule has 0 saturated carbocycles. The Labute approximate surface area is 161 Å². The largest absolute Gasteiger partial charge is 0.497 e. The van der Waals surface area contributed by atoms with Crippen molar-refractivity contribution in [3.63, 3.8) is 0 Å². The number of ether oxygens (including phenoxy) is 3. The predicted molar refractivity (Wildman–Crippen MR) is 102 cm³/mol. The molecule has 1 saturated heterocycles. The molecule has 0 unspecified atom stereocenters. The maximum Gasteiger partial charge on any atom is 0.270 e. The number of hydrogen-bond donors (Lipinski definition) is 1. The fourth-order valence-electron chi connectivity index (χ4n) is 3.46. The molecule has 0 aliphatic carbocycles. The maximum absolute atomic E-state index is 13.2. The van der Waals surface area contributed by atoms with Crippen molar-refractivity contribution in [3.05, 3.63) is 59.5 Å². The summed E-state index contributed by atoms with van der Waals surface area (Å²) in [6, 6.07) is 11.6. The Morgan fingerprint density at radius 2 is 1.96 bits per heavy atom. The van der Waals surface area contributed by atoms with Crippen LogP contribution in [-0.4, -0.2) is 49.7 Å². The second kappa shape index (κ2) is 7.52. The SMILES string of the molecule is COc1cc(OC)c2[nH]c(C(=O)N3CCO[C@@H](c4ccc(F)cc4)C3)cc2c1. The second-order valence-corrected chi connectivity index (χ2v) is 6.64. The van der Waals surface area contributed by atoms with Crippen LogP contribution in [0.1, 0.15) is 22.2 Å². The van der Waals surface area contributed by atoms with Gasteiger partial charge in [0.2, 0.25) is 0 Å². The fraction of sp³-hybridized carbons (Fsp3) is 0.286. The van der Waals surface area contributed by atoms with Crippen molar-refractivity contribution in [2.24, 2.45) is 0 Å². The number of methoxy groups -OCH3 is 2. The Kier molecular flexibility index (Phi) is 4.92.